The number of aliphatic hydroxyl groups is 1. The van der Waals surface area contributed by atoms with Gasteiger partial charge in [-0.3, -0.25) is 0 Å². The van der Waals surface area contributed by atoms with Crippen molar-refractivity contribution in [1.29, 1.82) is 0 Å². The lowest BCUT2D eigenvalue weighted by molar-refractivity contribution is -0.163. The maximum absolute atomic E-state index is 12.1. The Morgan fingerprint density at radius 1 is 1.33 bits per heavy atom. The number of amides is 1. The van der Waals surface area contributed by atoms with Gasteiger partial charge in [0.15, 0.2) is 11.8 Å². The lowest BCUT2D eigenvalue weighted by Crippen LogP contribution is -2.55. The molecule has 1 saturated heterocycles. The van der Waals surface area contributed by atoms with Crippen molar-refractivity contribution >= 4 is 12.1 Å². The Morgan fingerprint density at radius 2 is 2.00 bits per heavy atom. The topological polar surface area (TPSA) is 103 Å². The van der Waals surface area contributed by atoms with Gasteiger partial charge in [-0.15, -0.1) is 6.58 Å². The number of benzene rings is 1. The minimum atomic E-state index is -1.44. The van der Waals surface area contributed by atoms with Crippen molar-refractivity contribution in [3.8, 4) is 0 Å². The Bertz CT molecular complexity index is 661. The second-order valence-electron chi connectivity index (χ2n) is 6.50. The highest BCUT2D eigenvalue weighted by atomic mass is 16.8. The Kier molecular flexibility index (Phi) is 6.95. The molecule has 0 unspecified atom stereocenters. The van der Waals surface area contributed by atoms with Crippen LogP contribution < -0.4 is 5.32 Å². The number of carbonyl (C=O) groups is 2. The zero-order chi connectivity index (χ0) is 20.0. The average molecular weight is 379 g/mol. The first kappa shape index (κ1) is 20.9. The van der Waals surface area contributed by atoms with E-state index in [0.717, 1.165) is 12.7 Å². The highest BCUT2D eigenvalue weighted by Crippen LogP contribution is 2.31. The summed E-state index contributed by atoms with van der Waals surface area (Å²) in [6.07, 6.45) is -2.43. The third kappa shape index (κ3) is 5.53. The van der Waals surface area contributed by atoms with E-state index in [9.17, 15) is 14.7 Å². The van der Waals surface area contributed by atoms with Crippen molar-refractivity contribution in [2.24, 2.45) is 0 Å². The Balaban J connectivity index is 2.04. The van der Waals surface area contributed by atoms with Gasteiger partial charge < -0.3 is 29.4 Å². The molecule has 2 rings (SSSR count). The van der Waals surface area contributed by atoms with Crippen LogP contribution in [0.5, 0.6) is 0 Å². The van der Waals surface area contributed by atoms with Gasteiger partial charge in [-0.05, 0) is 19.4 Å². The molecular weight excluding hydrogens is 354 g/mol. The predicted molar refractivity (Wildman–Crippen MR) is 95.6 cm³/mol. The maximum Gasteiger partial charge on any atom is 0.408 e. The van der Waals surface area contributed by atoms with Crippen molar-refractivity contribution in [2.45, 2.75) is 50.6 Å². The molecular formula is C19H25NO7. The molecule has 0 saturated carbocycles. The average Bonchev–Trinajstić information content (AvgIpc) is 2.99. The third-order valence-electron chi connectivity index (χ3n) is 4.02. The van der Waals surface area contributed by atoms with Crippen LogP contribution in [0.1, 0.15) is 19.4 Å². The molecule has 0 aromatic heterocycles. The lowest BCUT2D eigenvalue weighted by Gasteiger charge is -2.27. The molecule has 0 radical (unpaired) electrons. The Hall–Kier alpha value is -2.42. The van der Waals surface area contributed by atoms with E-state index in [1.165, 1.54) is 6.08 Å². The number of hydrogen-bond donors (Lipinski definition) is 2. The monoisotopic (exact) mass is 379 g/mol. The largest absolute Gasteiger partial charge is 0.467 e. The molecule has 1 aromatic carbocycles. The number of carbonyl (C=O) groups excluding carboxylic acids is 2. The third-order valence-corrected chi connectivity index (χ3v) is 4.02. The first-order valence-corrected chi connectivity index (χ1v) is 8.48. The van der Waals surface area contributed by atoms with E-state index < -0.39 is 42.2 Å². The molecule has 2 N–H and O–H groups in total. The molecule has 148 valence electrons. The molecule has 27 heavy (non-hydrogen) atoms. The predicted octanol–water partition coefficient (Wildman–Crippen LogP) is 1.52. The van der Waals surface area contributed by atoms with Crippen molar-refractivity contribution in [3.63, 3.8) is 0 Å². The summed E-state index contributed by atoms with van der Waals surface area (Å²) in [6, 6.07) is 7.65. The molecule has 1 heterocycles. The summed E-state index contributed by atoms with van der Waals surface area (Å²) in [7, 11) is 1.15. The number of hydrogen-bond acceptors (Lipinski definition) is 7. The molecule has 1 aliphatic rings. The summed E-state index contributed by atoms with van der Waals surface area (Å²) in [5.74, 6) is -1.81. The van der Waals surface area contributed by atoms with Gasteiger partial charge in [-0.25, -0.2) is 9.59 Å². The summed E-state index contributed by atoms with van der Waals surface area (Å²) in [4.78, 5) is 24.2. The minimum Gasteiger partial charge on any atom is -0.467 e. The first-order chi connectivity index (χ1) is 12.8. The molecule has 4 atom stereocenters. The van der Waals surface area contributed by atoms with E-state index in [0.29, 0.717) is 0 Å². The fourth-order valence-corrected chi connectivity index (χ4v) is 2.76. The van der Waals surface area contributed by atoms with Crippen LogP contribution in [-0.2, 0) is 30.3 Å². The number of nitrogens with one attached hydrogen (secondary N) is 1. The van der Waals surface area contributed by atoms with Crippen LogP contribution >= 0.6 is 0 Å². The standard InChI is InChI=1S/C19H25NO7/c1-5-13-16(27-19(2,3)26-13)15(21)14(17(22)24-4)20-18(23)25-11-12-9-7-6-8-10-12/h5-10,13-16,21H,1,11H2,2-4H3,(H,20,23)/t13-,14-,15+,16+/m0/s1. The van der Waals surface area contributed by atoms with Crippen LogP contribution in [0.15, 0.2) is 43.0 Å². The van der Waals surface area contributed by atoms with Gasteiger partial charge in [0.05, 0.1) is 7.11 Å². The molecule has 1 aliphatic heterocycles. The number of methoxy groups -OCH3 is 1. The van der Waals surface area contributed by atoms with E-state index in [1.807, 2.05) is 18.2 Å². The maximum atomic E-state index is 12.1. The summed E-state index contributed by atoms with van der Waals surface area (Å²) in [5, 5.41) is 13.0. The van der Waals surface area contributed by atoms with Gasteiger partial charge in [0.2, 0.25) is 0 Å². The van der Waals surface area contributed by atoms with Crippen LogP contribution in [0.4, 0.5) is 4.79 Å². The van der Waals surface area contributed by atoms with Crippen molar-refractivity contribution in [1.82, 2.24) is 5.32 Å². The highest BCUT2D eigenvalue weighted by Gasteiger charge is 2.48. The second kappa shape index (κ2) is 8.98. The number of esters is 1. The van der Waals surface area contributed by atoms with Crippen LogP contribution in [-0.4, -0.2) is 54.4 Å². The van der Waals surface area contributed by atoms with Gasteiger partial charge in [-0.2, -0.15) is 0 Å². The van der Waals surface area contributed by atoms with Gasteiger partial charge in [0.1, 0.15) is 24.9 Å². The van der Waals surface area contributed by atoms with E-state index in [1.54, 1.807) is 26.0 Å². The molecule has 1 fully saturated rings. The van der Waals surface area contributed by atoms with Crippen molar-refractivity contribution in [2.75, 3.05) is 7.11 Å². The molecule has 0 aliphatic carbocycles. The van der Waals surface area contributed by atoms with E-state index in [-0.39, 0.29) is 6.61 Å². The van der Waals surface area contributed by atoms with Crippen LogP contribution in [0.25, 0.3) is 0 Å². The van der Waals surface area contributed by atoms with E-state index in [2.05, 4.69) is 16.6 Å². The van der Waals surface area contributed by atoms with Crippen LogP contribution in [0, 0.1) is 0 Å². The summed E-state index contributed by atoms with van der Waals surface area (Å²) >= 11 is 0. The SMILES string of the molecule is C=C[C@@H]1OC(C)(C)O[C@H]1[C@H](O)[C@H](NC(=O)OCc1ccccc1)C(=O)OC. The molecule has 1 aromatic rings. The van der Waals surface area contributed by atoms with E-state index in [4.69, 9.17) is 14.2 Å². The van der Waals surface area contributed by atoms with Gasteiger partial charge in [0, 0.05) is 0 Å². The smallest absolute Gasteiger partial charge is 0.408 e. The summed E-state index contributed by atoms with van der Waals surface area (Å²) in [6.45, 7) is 7.00. The Labute approximate surface area is 158 Å². The fraction of sp³-hybridized carbons (Fsp3) is 0.474. The second-order valence-corrected chi connectivity index (χ2v) is 6.50. The molecule has 0 spiro atoms. The molecule has 0 bridgehead atoms. The quantitative estimate of drug-likeness (QED) is 0.547. The lowest BCUT2D eigenvalue weighted by atomic mass is 10.0. The Morgan fingerprint density at radius 3 is 2.59 bits per heavy atom. The zero-order valence-electron chi connectivity index (χ0n) is 15.6. The van der Waals surface area contributed by atoms with E-state index >= 15 is 0 Å². The van der Waals surface area contributed by atoms with Gasteiger partial charge in [-0.1, -0.05) is 36.4 Å². The highest BCUT2D eigenvalue weighted by molar-refractivity contribution is 5.82. The van der Waals surface area contributed by atoms with Crippen molar-refractivity contribution in [3.05, 3.63) is 48.6 Å². The van der Waals surface area contributed by atoms with Crippen LogP contribution in [0.2, 0.25) is 0 Å². The van der Waals surface area contributed by atoms with Crippen molar-refractivity contribution < 1.29 is 33.6 Å². The van der Waals surface area contributed by atoms with Gasteiger partial charge >= 0.3 is 12.1 Å². The minimum absolute atomic E-state index is 0.0159. The normalized spacial score (nSPS) is 23.1. The van der Waals surface area contributed by atoms with Gasteiger partial charge in [0.25, 0.3) is 0 Å². The van der Waals surface area contributed by atoms with Crippen LogP contribution in [0.3, 0.4) is 0 Å². The molecule has 8 nitrogen and oxygen atoms in total. The number of alkyl carbamates (subject to hydrolysis) is 1. The molecule has 8 heteroatoms. The summed E-state index contributed by atoms with van der Waals surface area (Å²) < 4.78 is 21.1. The number of rotatable bonds is 7. The first-order valence-electron chi connectivity index (χ1n) is 8.48. The number of ether oxygens (including phenoxy) is 4. The fourth-order valence-electron chi connectivity index (χ4n) is 2.76. The number of aliphatic hydroxyl groups excluding tert-OH is 1. The molecule has 1 amide bonds. The zero-order valence-corrected chi connectivity index (χ0v) is 15.6. The summed E-state index contributed by atoms with van der Waals surface area (Å²) in [5.41, 5.74) is 0.781.